The number of hydrogen-bond donors (Lipinski definition) is 1. The van der Waals surface area contributed by atoms with Gasteiger partial charge in [0.25, 0.3) is 0 Å². The lowest BCUT2D eigenvalue weighted by atomic mass is 9.95. The smallest absolute Gasteiger partial charge is 0.161 e. The Morgan fingerprint density at radius 1 is 0.900 bits per heavy atom. The zero-order valence-corrected chi connectivity index (χ0v) is 12.3. The van der Waals surface area contributed by atoms with Crippen molar-refractivity contribution in [2.75, 3.05) is 14.2 Å². The molecule has 0 saturated carbocycles. The molecule has 0 aliphatic heterocycles. The molecule has 1 unspecified atom stereocenters. The highest BCUT2D eigenvalue weighted by atomic mass is 16.5. The Hall–Kier alpha value is -2.00. The van der Waals surface area contributed by atoms with E-state index in [1.54, 1.807) is 14.2 Å². The fourth-order valence-corrected chi connectivity index (χ4v) is 2.26. The van der Waals surface area contributed by atoms with Crippen LogP contribution in [-0.2, 0) is 0 Å². The molecule has 0 fully saturated rings. The zero-order chi connectivity index (χ0) is 14.7. The van der Waals surface area contributed by atoms with Gasteiger partial charge in [-0.1, -0.05) is 29.8 Å². The molecule has 106 valence electrons. The second-order valence-corrected chi connectivity index (χ2v) is 4.88. The summed E-state index contributed by atoms with van der Waals surface area (Å²) in [4.78, 5) is 0. The largest absolute Gasteiger partial charge is 0.493 e. The van der Waals surface area contributed by atoms with Crippen molar-refractivity contribution in [1.82, 2.24) is 0 Å². The van der Waals surface area contributed by atoms with Crippen molar-refractivity contribution in [3.63, 3.8) is 0 Å². The Morgan fingerprint density at radius 2 is 1.60 bits per heavy atom. The van der Waals surface area contributed by atoms with E-state index in [0.29, 0.717) is 11.5 Å². The van der Waals surface area contributed by atoms with Gasteiger partial charge in [0.05, 0.1) is 14.2 Å². The lowest BCUT2D eigenvalue weighted by molar-refractivity contribution is 0.218. The van der Waals surface area contributed by atoms with Gasteiger partial charge in [-0.15, -0.1) is 0 Å². The number of aliphatic hydroxyl groups excluding tert-OH is 1. The lowest BCUT2D eigenvalue weighted by Crippen LogP contribution is -2.03. The summed E-state index contributed by atoms with van der Waals surface area (Å²) in [6, 6.07) is 11.5. The summed E-state index contributed by atoms with van der Waals surface area (Å²) in [5.74, 6) is 1.28. The molecule has 0 amide bonds. The predicted octanol–water partition coefficient (Wildman–Crippen LogP) is 3.40. The Balaban J connectivity index is 2.42. The van der Waals surface area contributed by atoms with Crippen LogP contribution in [0.3, 0.4) is 0 Å². The SMILES string of the molecule is COc1ccc(C(O)c2cc(C)ccc2C)cc1OC. The molecule has 1 atom stereocenters. The molecule has 0 saturated heterocycles. The maximum absolute atomic E-state index is 10.6. The minimum atomic E-state index is -0.672. The van der Waals surface area contributed by atoms with Gasteiger partial charge < -0.3 is 14.6 Å². The van der Waals surface area contributed by atoms with Crippen LogP contribution in [0.2, 0.25) is 0 Å². The average molecular weight is 272 g/mol. The van der Waals surface area contributed by atoms with Crippen LogP contribution in [-0.4, -0.2) is 19.3 Å². The third kappa shape index (κ3) is 2.78. The van der Waals surface area contributed by atoms with Gasteiger partial charge in [-0.2, -0.15) is 0 Å². The van der Waals surface area contributed by atoms with Crippen molar-refractivity contribution < 1.29 is 14.6 Å². The predicted molar refractivity (Wildman–Crippen MR) is 79.5 cm³/mol. The number of benzene rings is 2. The second-order valence-electron chi connectivity index (χ2n) is 4.88. The summed E-state index contributed by atoms with van der Waals surface area (Å²) in [7, 11) is 3.19. The van der Waals surface area contributed by atoms with Gasteiger partial charge >= 0.3 is 0 Å². The fraction of sp³-hybridized carbons (Fsp3) is 0.294. The van der Waals surface area contributed by atoms with Gasteiger partial charge in [-0.3, -0.25) is 0 Å². The third-order valence-electron chi connectivity index (χ3n) is 3.45. The first-order valence-electron chi connectivity index (χ1n) is 6.54. The molecule has 3 nitrogen and oxygen atoms in total. The molecule has 0 heterocycles. The first-order chi connectivity index (χ1) is 9.56. The van der Waals surface area contributed by atoms with E-state index in [2.05, 4.69) is 0 Å². The summed E-state index contributed by atoms with van der Waals surface area (Å²) < 4.78 is 10.5. The molecule has 1 N–H and O–H groups in total. The van der Waals surface area contributed by atoms with Crippen LogP contribution in [0.25, 0.3) is 0 Å². The molecule has 2 aromatic carbocycles. The molecule has 0 aliphatic carbocycles. The number of hydrogen-bond acceptors (Lipinski definition) is 3. The summed E-state index contributed by atoms with van der Waals surface area (Å²) in [6.45, 7) is 4.02. The fourth-order valence-electron chi connectivity index (χ4n) is 2.26. The van der Waals surface area contributed by atoms with Gasteiger partial charge in [-0.25, -0.2) is 0 Å². The van der Waals surface area contributed by atoms with Crippen molar-refractivity contribution in [1.29, 1.82) is 0 Å². The van der Waals surface area contributed by atoms with Crippen molar-refractivity contribution in [2.45, 2.75) is 20.0 Å². The standard InChI is InChI=1S/C17H20O3/c1-11-5-6-12(2)14(9-11)17(18)13-7-8-15(19-3)16(10-13)20-4/h5-10,17-18H,1-4H3. The molecular formula is C17H20O3. The van der Waals surface area contributed by atoms with Crippen LogP contribution in [0.5, 0.6) is 11.5 Å². The van der Waals surface area contributed by atoms with Gasteiger partial charge in [0.15, 0.2) is 11.5 Å². The summed E-state index contributed by atoms with van der Waals surface area (Å²) in [5.41, 5.74) is 3.90. The van der Waals surface area contributed by atoms with E-state index in [9.17, 15) is 5.11 Å². The molecule has 0 aliphatic rings. The monoisotopic (exact) mass is 272 g/mol. The third-order valence-corrected chi connectivity index (χ3v) is 3.45. The van der Waals surface area contributed by atoms with Crippen molar-refractivity contribution in [2.24, 2.45) is 0 Å². The first kappa shape index (κ1) is 14.4. The summed E-state index contributed by atoms with van der Waals surface area (Å²) >= 11 is 0. The second kappa shape index (κ2) is 5.97. The van der Waals surface area contributed by atoms with Crippen LogP contribution >= 0.6 is 0 Å². The van der Waals surface area contributed by atoms with Gasteiger partial charge in [0.2, 0.25) is 0 Å². The molecular weight excluding hydrogens is 252 g/mol. The van der Waals surface area contributed by atoms with E-state index in [0.717, 1.165) is 22.3 Å². The average Bonchev–Trinajstić information content (AvgIpc) is 2.48. The van der Waals surface area contributed by atoms with Crippen LogP contribution < -0.4 is 9.47 Å². The molecule has 3 heteroatoms. The molecule has 0 aromatic heterocycles. The molecule has 2 aromatic rings. The molecule has 0 bridgehead atoms. The first-order valence-corrected chi connectivity index (χ1v) is 6.54. The maximum atomic E-state index is 10.6. The highest BCUT2D eigenvalue weighted by molar-refractivity contribution is 5.46. The normalized spacial score (nSPS) is 12.1. The number of ether oxygens (including phenoxy) is 2. The van der Waals surface area contributed by atoms with E-state index in [1.807, 2.05) is 50.2 Å². The highest BCUT2D eigenvalue weighted by Gasteiger charge is 2.15. The van der Waals surface area contributed by atoms with E-state index >= 15 is 0 Å². The van der Waals surface area contributed by atoms with Crippen molar-refractivity contribution in [3.05, 3.63) is 58.7 Å². The molecule has 0 radical (unpaired) electrons. The van der Waals surface area contributed by atoms with E-state index in [4.69, 9.17) is 9.47 Å². The van der Waals surface area contributed by atoms with Gasteiger partial charge in [0.1, 0.15) is 6.10 Å². The Bertz CT molecular complexity index is 605. The van der Waals surface area contributed by atoms with Crippen LogP contribution in [0.15, 0.2) is 36.4 Å². The zero-order valence-electron chi connectivity index (χ0n) is 12.3. The quantitative estimate of drug-likeness (QED) is 0.927. The Labute approximate surface area is 119 Å². The minimum absolute atomic E-state index is 0.620. The van der Waals surface area contributed by atoms with Gasteiger partial charge in [0, 0.05) is 0 Å². The van der Waals surface area contributed by atoms with E-state index in [1.165, 1.54) is 0 Å². The van der Waals surface area contributed by atoms with Crippen LogP contribution in [0, 0.1) is 13.8 Å². The van der Waals surface area contributed by atoms with Crippen molar-refractivity contribution >= 4 is 0 Å². The number of rotatable bonds is 4. The summed E-state index contributed by atoms with van der Waals surface area (Å²) in [6.07, 6.45) is -0.672. The Kier molecular flexibility index (Phi) is 4.30. The van der Waals surface area contributed by atoms with E-state index < -0.39 is 6.10 Å². The number of methoxy groups -OCH3 is 2. The summed E-state index contributed by atoms with van der Waals surface area (Å²) in [5, 5.41) is 10.6. The maximum Gasteiger partial charge on any atom is 0.161 e. The topological polar surface area (TPSA) is 38.7 Å². The molecule has 20 heavy (non-hydrogen) atoms. The molecule has 0 spiro atoms. The number of aryl methyl sites for hydroxylation is 2. The van der Waals surface area contributed by atoms with Gasteiger partial charge in [-0.05, 0) is 42.7 Å². The van der Waals surface area contributed by atoms with Crippen LogP contribution in [0.1, 0.15) is 28.4 Å². The minimum Gasteiger partial charge on any atom is -0.493 e. The van der Waals surface area contributed by atoms with Crippen molar-refractivity contribution in [3.8, 4) is 11.5 Å². The molecule has 2 rings (SSSR count). The Morgan fingerprint density at radius 3 is 2.25 bits per heavy atom. The highest BCUT2D eigenvalue weighted by Crippen LogP contribution is 2.33. The van der Waals surface area contributed by atoms with Crippen LogP contribution in [0.4, 0.5) is 0 Å². The van der Waals surface area contributed by atoms with E-state index in [-0.39, 0.29) is 0 Å². The number of aliphatic hydroxyl groups is 1. The lowest BCUT2D eigenvalue weighted by Gasteiger charge is -2.17.